The number of pyridine rings is 1. The third-order valence-electron chi connectivity index (χ3n) is 6.91. The van der Waals surface area contributed by atoms with E-state index in [0.717, 1.165) is 29.8 Å². The number of nitrogens with zero attached hydrogens (tertiary/aromatic N) is 4. The van der Waals surface area contributed by atoms with Crippen molar-refractivity contribution in [1.29, 1.82) is 0 Å². The van der Waals surface area contributed by atoms with Crippen LogP contribution in [-0.4, -0.2) is 44.4 Å². The molecule has 1 N–H and O–H groups in total. The zero-order chi connectivity index (χ0) is 22.2. The minimum absolute atomic E-state index is 0.0574. The fourth-order valence-electron chi connectivity index (χ4n) is 5.08. The van der Waals surface area contributed by atoms with Crippen LogP contribution >= 0.6 is 11.6 Å². The average Bonchev–Trinajstić information content (AvgIpc) is 2.83. The van der Waals surface area contributed by atoms with Crippen LogP contribution in [0.5, 0.6) is 0 Å². The Labute approximate surface area is 193 Å². The van der Waals surface area contributed by atoms with Gasteiger partial charge in [0.2, 0.25) is 0 Å². The van der Waals surface area contributed by atoms with Gasteiger partial charge in [-0.1, -0.05) is 36.2 Å². The van der Waals surface area contributed by atoms with E-state index >= 15 is 0 Å². The first-order valence-electron chi connectivity index (χ1n) is 11.1. The van der Waals surface area contributed by atoms with Gasteiger partial charge in [0.25, 0.3) is 5.91 Å². The molecule has 6 nitrogen and oxygen atoms in total. The molecule has 2 saturated heterocycles. The van der Waals surface area contributed by atoms with E-state index in [-0.39, 0.29) is 18.0 Å². The van der Waals surface area contributed by atoms with Gasteiger partial charge in [0, 0.05) is 42.8 Å². The van der Waals surface area contributed by atoms with Gasteiger partial charge in [0.15, 0.2) is 5.82 Å². The number of benzene rings is 1. The summed E-state index contributed by atoms with van der Waals surface area (Å²) < 4.78 is 0. The van der Waals surface area contributed by atoms with Crippen LogP contribution in [-0.2, 0) is 0 Å². The van der Waals surface area contributed by atoms with Gasteiger partial charge in [0.05, 0.1) is 10.6 Å². The highest BCUT2D eigenvalue weighted by Gasteiger charge is 2.51. The van der Waals surface area contributed by atoms with Gasteiger partial charge >= 0.3 is 0 Å². The molecule has 3 aromatic rings. The smallest absolute Gasteiger partial charge is 0.255 e. The summed E-state index contributed by atoms with van der Waals surface area (Å²) in [5.41, 5.74) is 2.49. The third-order valence-corrected chi connectivity index (χ3v) is 7.14. The Morgan fingerprint density at radius 2 is 1.97 bits per heavy atom. The Morgan fingerprint density at radius 1 is 1.16 bits per heavy atom. The lowest BCUT2D eigenvalue weighted by atomic mass is 9.62. The quantitative estimate of drug-likeness (QED) is 0.605. The molecule has 1 aliphatic carbocycles. The molecule has 1 aromatic carbocycles. The van der Waals surface area contributed by atoms with E-state index in [4.69, 9.17) is 11.6 Å². The predicted molar refractivity (Wildman–Crippen MR) is 126 cm³/mol. The number of carbonyl (C=O) groups excluding carboxylic acids is 1. The Bertz CT molecular complexity index is 1120. The predicted octanol–water partition coefficient (Wildman–Crippen LogP) is 4.85. The molecule has 7 heteroatoms. The summed E-state index contributed by atoms with van der Waals surface area (Å²) in [7, 11) is 0. The summed E-state index contributed by atoms with van der Waals surface area (Å²) in [5.74, 6) is 2.59. The van der Waals surface area contributed by atoms with Crippen LogP contribution < -0.4 is 5.32 Å². The number of halogens is 1. The van der Waals surface area contributed by atoms with E-state index in [1.807, 2.05) is 37.3 Å². The van der Waals surface area contributed by atoms with Gasteiger partial charge in [0.1, 0.15) is 5.82 Å². The molecule has 2 aromatic heterocycles. The number of fused-ring (bicyclic) bond motifs is 2. The van der Waals surface area contributed by atoms with Crippen LogP contribution in [0.25, 0.3) is 11.4 Å². The van der Waals surface area contributed by atoms with Crippen LogP contribution in [0, 0.1) is 18.8 Å². The van der Waals surface area contributed by atoms with E-state index in [1.54, 1.807) is 24.7 Å². The van der Waals surface area contributed by atoms with Gasteiger partial charge in [-0.15, -0.1) is 0 Å². The maximum Gasteiger partial charge on any atom is 0.255 e. The van der Waals surface area contributed by atoms with E-state index < -0.39 is 0 Å². The van der Waals surface area contributed by atoms with Gasteiger partial charge in [-0.25, -0.2) is 15.0 Å². The number of hydrogen-bond acceptors (Lipinski definition) is 5. The van der Waals surface area contributed by atoms with Crippen molar-refractivity contribution in [2.24, 2.45) is 11.8 Å². The monoisotopic (exact) mass is 447 g/mol. The Kier molecular flexibility index (Phi) is 5.55. The summed E-state index contributed by atoms with van der Waals surface area (Å²) in [4.78, 5) is 29.2. The minimum atomic E-state index is 0.0574. The van der Waals surface area contributed by atoms with Crippen LogP contribution in [0.15, 0.2) is 55.0 Å². The lowest BCUT2D eigenvalue weighted by Gasteiger charge is -2.58. The molecule has 0 radical (unpaired) electrons. The fourth-order valence-corrected chi connectivity index (χ4v) is 5.19. The van der Waals surface area contributed by atoms with E-state index in [2.05, 4.69) is 32.1 Å². The van der Waals surface area contributed by atoms with Crippen LogP contribution in [0.3, 0.4) is 0 Å². The maximum atomic E-state index is 14.0. The summed E-state index contributed by atoms with van der Waals surface area (Å²) in [6.07, 6.45) is 7.12. The van der Waals surface area contributed by atoms with Crippen molar-refractivity contribution < 1.29 is 4.79 Å². The third kappa shape index (κ3) is 3.84. The maximum absolute atomic E-state index is 14.0. The molecule has 164 valence electrons. The molecular weight excluding hydrogens is 422 g/mol. The molecule has 3 fully saturated rings. The van der Waals surface area contributed by atoms with Gasteiger partial charge < -0.3 is 10.2 Å². The Balaban J connectivity index is 1.45. The second-order valence-corrected chi connectivity index (χ2v) is 9.32. The largest absolute Gasteiger partial charge is 0.368 e. The standard InChI is InChI=1S/C25H26ClN5O/c1-15-4-6-20(24-27-8-3-9-28-24)21(10-15)25(32)31-19(11-17-12-22(31)16(17)2)14-30-23-7-5-18(26)13-29-23/h3-10,13,16-17,19,22H,11-12,14H2,1-2H3,(H,29,30). The van der Waals surface area contributed by atoms with Crippen LogP contribution in [0.1, 0.15) is 35.7 Å². The van der Waals surface area contributed by atoms with Gasteiger partial charge in [-0.3, -0.25) is 4.79 Å². The number of amides is 1. The van der Waals surface area contributed by atoms with E-state index in [1.165, 1.54) is 0 Å². The second-order valence-electron chi connectivity index (χ2n) is 8.89. The van der Waals surface area contributed by atoms with Gasteiger partial charge in [-0.2, -0.15) is 0 Å². The SMILES string of the molecule is Cc1ccc(-c2ncccn2)c(C(=O)N2C(CNc3ccc(Cl)cn3)CC3CC2C3C)c1. The zero-order valence-corrected chi connectivity index (χ0v) is 19.0. The number of aromatic nitrogens is 3. The van der Waals surface area contributed by atoms with Crippen molar-refractivity contribution in [3.63, 3.8) is 0 Å². The molecule has 32 heavy (non-hydrogen) atoms. The van der Waals surface area contributed by atoms with Crippen LogP contribution in [0.4, 0.5) is 5.82 Å². The van der Waals surface area contributed by atoms with Crippen molar-refractivity contribution in [1.82, 2.24) is 19.9 Å². The Morgan fingerprint density at radius 3 is 2.69 bits per heavy atom. The van der Waals surface area contributed by atoms with Crippen molar-refractivity contribution in [3.05, 3.63) is 71.1 Å². The first-order chi connectivity index (χ1) is 15.5. The molecule has 2 aliphatic heterocycles. The summed E-state index contributed by atoms with van der Waals surface area (Å²) in [6, 6.07) is 11.8. The number of rotatable bonds is 5. The average molecular weight is 448 g/mol. The number of piperidine rings is 2. The van der Waals surface area contributed by atoms with Crippen molar-refractivity contribution in [3.8, 4) is 11.4 Å². The highest BCUT2D eigenvalue weighted by atomic mass is 35.5. The van der Waals surface area contributed by atoms with Crippen molar-refractivity contribution in [2.45, 2.75) is 38.8 Å². The lowest BCUT2D eigenvalue weighted by Crippen LogP contribution is -2.65. The number of hydrogen-bond donors (Lipinski definition) is 1. The normalized spacial score (nSPS) is 24.0. The molecule has 0 spiro atoms. The van der Waals surface area contributed by atoms with Crippen molar-refractivity contribution in [2.75, 3.05) is 11.9 Å². The van der Waals surface area contributed by atoms with E-state index in [9.17, 15) is 4.79 Å². The molecule has 1 amide bonds. The van der Waals surface area contributed by atoms with Crippen LogP contribution in [0.2, 0.25) is 5.02 Å². The summed E-state index contributed by atoms with van der Waals surface area (Å²) in [5, 5.41) is 4.01. The van der Waals surface area contributed by atoms with Gasteiger partial charge in [-0.05, 0) is 55.9 Å². The summed E-state index contributed by atoms with van der Waals surface area (Å²) in [6.45, 7) is 4.93. The zero-order valence-electron chi connectivity index (χ0n) is 18.2. The minimum Gasteiger partial charge on any atom is -0.368 e. The lowest BCUT2D eigenvalue weighted by molar-refractivity contribution is -0.0582. The number of aryl methyl sites for hydroxylation is 1. The first-order valence-corrected chi connectivity index (χ1v) is 11.4. The fraction of sp³-hybridized carbons (Fsp3) is 0.360. The first kappa shape index (κ1) is 20.9. The molecule has 2 bridgehead atoms. The molecule has 3 aliphatic rings. The van der Waals surface area contributed by atoms with Crippen molar-refractivity contribution >= 4 is 23.3 Å². The molecule has 1 saturated carbocycles. The number of nitrogens with one attached hydrogen (secondary N) is 1. The Hall–Kier alpha value is -2.99. The molecule has 4 atom stereocenters. The molecule has 6 rings (SSSR count). The molecular formula is C25H26ClN5O. The number of anilines is 1. The number of carbonyl (C=O) groups is 1. The highest BCUT2D eigenvalue weighted by Crippen LogP contribution is 2.48. The molecule has 4 heterocycles. The molecule has 4 unspecified atom stereocenters. The highest BCUT2D eigenvalue weighted by molar-refractivity contribution is 6.30. The second kappa shape index (κ2) is 8.51. The van der Waals surface area contributed by atoms with E-state index in [0.29, 0.717) is 34.8 Å². The topological polar surface area (TPSA) is 71.0 Å². The summed E-state index contributed by atoms with van der Waals surface area (Å²) >= 11 is 5.96.